The third-order valence-corrected chi connectivity index (χ3v) is 1.60. The summed E-state index contributed by atoms with van der Waals surface area (Å²) in [4.78, 5) is 1.86. The van der Waals surface area contributed by atoms with Crippen LogP contribution in [0.4, 0.5) is 0 Å². The van der Waals surface area contributed by atoms with Gasteiger partial charge in [-0.05, 0) is 0 Å². The number of hydrogen-bond donors (Lipinski definition) is 1. The van der Waals surface area contributed by atoms with Gasteiger partial charge in [0.2, 0.25) is 0 Å². The normalized spacial score (nSPS) is 6.94. The number of hydrogen-bond acceptors (Lipinski definition) is 2. The Kier molecular flexibility index (Phi) is 50.4. The molecule has 18 heavy (non-hydrogen) atoms. The number of nitrogens with zero attached hydrogens (tertiary/aromatic N) is 1. The van der Waals surface area contributed by atoms with E-state index in [0.717, 1.165) is 0 Å². The van der Waals surface area contributed by atoms with Crippen LogP contribution in [0.1, 0.15) is 27.7 Å². The van der Waals surface area contributed by atoms with Gasteiger partial charge in [-0.2, -0.15) is 0 Å². The van der Waals surface area contributed by atoms with Gasteiger partial charge in [0, 0.05) is 0 Å². The van der Waals surface area contributed by atoms with Gasteiger partial charge in [0.05, 0.1) is 0 Å². The summed E-state index contributed by atoms with van der Waals surface area (Å²) in [6.45, 7) is 26.1. The Morgan fingerprint density at radius 1 is 0.833 bits per heavy atom. The molecule has 0 bridgehead atoms. The van der Waals surface area contributed by atoms with Gasteiger partial charge in [-0.3, -0.25) is 0 Å². The molecule has 0 saturated carbocycles. The minimum atomic E-state index is 0.157. The van der Waals surface area contributed by atoms with Crippen molar-refractivity contribution in [1.29, 1.82) is 0 Å². The molecule has 0 saturated heterocycles. The minimum absolute atomic E-state index is 0.157. The molecule has 0 spiro atoms. The van der Waals surface area contributed by atoms with Crippen LogP contribution >= 0.6 is 0 Å². The van der Waals surface area contributed by atoms with E-state index in [1.54, 1.807) is 0 Å². The topological polar surface area (TPSA) is 103 Å². The first-order chi connectivity index (χ1) is 8.46. The molecule has 0 amide bonds. The number of aliphatic hydroxyl groups excluding tert-OH is 1. The maximum absolute atomic E-state index is 9.08. The van der Waals surface area contributed by atoms with E-state index in [9.17, 15) is 0 Å². The molecule has 0 aliphatic rings. The van der Waals surface area contributed by atoms with Crippen molar-refractivity contribution in [3.63, 3.8) is 0 Å². The van der Waals surface area contributed by atoms with Gasteiger partial charge >= 0.3 is 115 Å². The van der Waals surface area contributed by atoms with Crippen molar-refractivity contribution >= 4 is 4.73 Å². The maximum atomic E-state index is 9.08. The Bertz CT molecular complexity index is 223. The van der Waals surface area contributed by atoms with Crippen molar-refractivity contribution in [3.05, 3.63) is 26.6 Å². The van der Waals surface area contributed by atoms with Crippen LogP contribution in [-0.2, 0) is 34.2 Å². The number of rotatable bonds is 3. The monoisotopic (exact) mass is 297 g/mol. The third kappa shape index (κ3) is 24.5. The van der Waals surface area contributed by atoms with E-state index >= 15 is 0 Å². The average Bonchev–Trinajstić information content (AvgIpc) is 2.37. The van der Waals surface area contributed by atoms with Gasteiger partial charge in [0.25, 0.3) is 0 Å². The van der Waals surface area contributed by atoms with E-state index in [4.69, 9.17) is 23.7 Å². The van der Waals surface area contributed by atoms with E-state index in [1.165, 1.54) is 0 Å². The molecule has 0 radical (unpaired) electrons. The third-order valence-electron chi connectivity index (χ3n) is 1.32. The molecule has 0 heterocycles. The molecular weight excluding hydrogens is 282 g/mol. The first-order valence-electron chi connectivity index (χ1n) is 4.27. The summed E-state index contributed by atoms with van der Waals surface area (Å²) in [6, 6.07) is 0.634. The van der Waals surface area contributed by atoms with Crippen molar-refractivity contribution in [3.8, 4) is 0 Å². The fourth-order valence-electron chi connectivity index (χ4n) is 1.01. The van der Waals surface area contributed by atoms with E-state index in [1.807, 2.05) is 32.6 Å². The predicted octanol–water partition coefficient (Wildman–Crippen LogP) is 0.962. The van der Waals surface area contributed by atoms with Crippen LogP contribution in [0.2, 0.25) is 0 Å². The van der Waals surface area contributed by atoms with Crippen LogP contribution in [0.15, 0.2) is 0 Å². The van der Waals surface area contributed by atoms with E-state index in [0.29, 0.717) is 12.1 Å². The summed E-state index contributed by atoms with van der Waals surface area (Å²) < 4.78 is 30.2. The zero-order valence-corrected chi connectivity index (χ0v) is 11.6. The molecule has 1 N–H and O–H groups in total. The van der Waals surface area contributed by atoms with Crippen LogP contribution in [0, 0.1) is 26.6 Å². The summed E-state index contributed by atoms with van der Waals surface area (Å²) >= 11 is 3.48. The molecule has 0 unspecified atom stereocenters. The van der Waals surface area contributed by atoms with Gasteiger partial charge in [0.1, 0.15) is 0 Å². The molecule has 0 aromatic rings. The second-order valence-corrected chi connectivity index (χ2v) is 3.35. The SMILES string of the molecule is CC(C)N([C](O)=[Fe])C(C)C.[C-]#[O+].[C-]#[O+].[C-]#[O+].[C-]#[O+]. The van der Waals surface area contributed by atoms with Crippen molar-refractivity contribution in [2.24, 2.45) is 0 Å². The molecule has 0 fully saturated rings. The van der Waals surface area contributed by atoms with Gasteiger partial charge in [0.15, 0.2) is 0 Å². The summed E-state index contributed by atoms with van der Waals surface area (Å²) in [5, 5.41) is 9.08. The Labute approximate surface area is 116 Å². The van der Waals surface area contributed by atoms with Gasteiger partial charge < -0.3 is 0 Å². The fraction of sp³-hybridized carbons (Fsp3) is 0.545. The quantitative estimate of drug-likeness (QED) is 0.476. The Morgan fingerprint density at radius 3 is 1.00 bits per heavy atom. The Balaban J connectivity index is -0.0000000596. The first kappa shape index (κ1) is 30.4. The molecule has 0 aliphatic heterocycles. The van der Waals surface area contributed by atoms with Crippen LogP contribution in [0.5, 0.6) is 0 Å². The molecule has 102 valence electrons. The van der Waals surface area contributed by atoms with E-state index < -0.39 is 0 Å². The summed E-state index contributed by atoms with van der Waals surface area (Å²) in [7, 11) is 0. The molecule has 0 aromatic heterocycles. The molecular formula is C11H15FeNO5. The van der Waals surface area contributed by atoms with Crippen molar-refractivity contribution in [2.45, 2.75) is 39.8 Å². The van der Waals surface area contributed by atoms with Crippen LogP contribution in [-0.4, -0.2) is 26.8 Å². The first-order valence-corrected chi connectivity index (χ1v) is 4.82. The standard InChI is InChI=1S/C7H15NO.4CO.Fe/c1-6(2)8(5-9)7(3)4;4*1-2;/h6-7,9H,1-4H3;;;;;. The summed E-state index contributed by atoms with van der Waals surface area (Å²) in [6.07, 6.45) is 0. The zero-order chi connectivity index (χ0) is 16.3. The second-order valence-electron chi connectivity index (χ2n) is 2.85. The molecule has 7 heteroatoms. The molecule has 0 atom stereocenters. The van der Waals surface area contributed by atoms with Crippen LogP contribution in [0.3, 0.4) is 0 Å². The predicted molar refractivity (Wildman–Crippen MR) is 54.8 cm³/mol. The summed E-state index contributed by atoms with van der Waals surface area (Å²) in [5.74, 6) is 0. The average molecular weight is 297 g/mol. The van der Waals surface area contributed by atoms with Gasteiger partial charge in [-0.1, -0.05) is 0 Å². The van der Waals surface area contributed by atoms with Crippen molar-refractivity contribution in [1.82, 2.24) is 4.90 Å². The second kappa shape index (κ2) is 29.9. The van der Waals surface area contributed by atoms with E-state index in [2.05, 4.69) is 42.2 Å². The summed E-state index contributed by atoms with van der Waals surface area (Å²) in [5.41, 5.74) is 0. The zero-order valence-electron chi connectivity index (χ0n) is 10.5. The molecule has 0 aliphatic carbocycles. The van der Waals surface area contributed by atoms with Crippen molar-refractivity contribution < 1.29 is 39.3 Å². The molecule has 6 nitrogen and oxygen atoms in total. The van der Waals surface area contributed by atoms with E-state index in [-0.39, 0.29) is 4.73 Å². The fourth-order valence-corrected chi connectivity index (χ4v) is 1.58. The molecule has 0 aromatic carbocycles. The van der Waals surface area contributed by atoms with Gasteiger partial charge in [-0.25, -0.2) is 0 Å². The molecule has 0 rings (SSSR count). The number of aliphatic hydroxyl groups is 1. The van der Waals surface area contributed by atoms with Crippen LogP contribution < -0.4 is 0 Å². The Morgan fingerprint density at radius 2 is 1.00 bits per heavy atom. The van der Waals surface area contributed by atoms with Gasteiger partial charge in [-0.15, -0.1) is 0 Å². The Hall–Kier alpha value is -0.731. The van der Waals surface area contributed by atoms with Crippen molar-refractivity contribution in [2.75, 3.05) is 0 Å². The van der Waals surface area contributed by atoms with Crippen LogP contribution in [0.25, 0.3) is 0 Å².